The maximum atomic E-state index is 12.6. The van der Waals surface area contributed by atoms with E-state index < -0.39 is 11.9 Å². The first-order valence-electron chi connectivity index (χ1n) is 11.3. The van der Waals surface area contributed by atoms with Crippen molar-refractivity contribution in [3.8, 4) is 30.4 Å². The van der Waals surface area contributed by atoms with Gasteiger partial charge in [0, 0.05) is 35.2 Å². The number of rotatable bonds is 10. The summed E-state index contributed by atoms with van der Waals surface area (Å²) in [5, 5.41) is 1.14. The zero-order valence-electron chi connectivity index (χ0n) is 19.5. The van der Waals surface area contributed by atoms with Crippen molar-refractivity contribution < 1.29 is 19.1 Å². The molecule has 0 aliphatic carbocycles. The van der Waals surface area contributed by atoms with Gasteiger partial charge in [-0.25, -0.2) is 4.79 Å². The highest BCUT2D eigenvalue weighted by Crippen LogP contribution is 2.28. The zero-order valence-corrected chi connectivity index (χ0v) is 21.0. The van der Waals surface area contributed by atoms with Gasteiger partial charge >= 0.3 is 11.9 Å². The van der Waals surface area contributed by atoms with E-state index in [9.17, 15) is 9.59 Å². The van der Waals surface area contributed by atoms with Crippen molar-refractivity contribution >= 4 is 35.1 Å². The third-order valence-electron chi connectivity index (χ3n) is 5.47. The summed E-state index contributed by atoms with van der Waals surface area (Å²) in [5.41, 5.74) is 2.87. The second kappa shape index (κ2) is 13.4. The highest BCUT2D eigenvalue weighted by molar-refractivity contribution is 6.36. The van der Waals surface area contributed by atoms with Gasteiger partial charge in [0.1, 0.15) is 5.75 Å². The number of benzene rings is 3. The molecule has 0 spiro atoms. The average Bonchev–Trinajstić information content (AvgIpc) is 2.86. The summed E-state index contributed by atoms with van der Waals surface area (Å²) in [4.78, 5) is 25.0. The molecule has 0 aromatic heterocycles. The molecule has 0 atom stereocenters. The minimum Gasteiger partial charge on any atom is -0.462 e. The van der Waals surface area contributed by atoms with E-state index >= 15 is 0 Å². The quantitative estimate of drug-likeness (QED) is 0.173. The molecule has 3 rings (SSSR count). The fourth-order valence-corrected chi connectivity index (χ4v) is 4.11. The lowest BCUT2D eigenvalue weighted by Gasteiger charge is -2.13. The molecule has 36 heavy (non-hydrogen) atoms. The van der Waals surface area contributed by atoms with Gasteiger partial charge in [-0.3, -0.25) is 4.79 Å². The lowest BCUT2D eigenvalue weighted by molar-refractivity contribution is -0.133. The molecule has 182 valence electrons. The van der Waals surface area contributed by atoms with E-state index in [1.165, 1.54) is 12.1 Å². The molecule has 0 fully saturated rings. The van der Waals surface area contributed by atoms with E-state index in [0.717, 1.165) is 16.7 Å². The first kappa shape index (κ1) is 26.9. The van der Waals surface area contributed by atoms with E-state index in [1.807, 2.05) is 24.3 Å². The van der Waals surface area contributed by atoms with Crippen LogP contribution in [0.2, 0.25) is 10.0 Å². The second-order valence-corrected chi connectivity index (χ2v) is 8.92. The molecule has 0 heterocycles. The maximum Gasteiger partial charge on any atom is 0.338 e. The third kappa shape index (κ3) is 7.65. The number of hydrogen-bond acceptors (Lipinski definition) is 4. The van der Waals surface area contributed by atoms with Crippen LogP contribution in [0.3, 0.4) is 0 Å². The monoisotopic (exact) mass is 518 g/mol. The van der Waals surface area contributed by atoms with Crippen LogP contribution in [-0.4, -0.2) is 18.5 Å². The van der Waals surface area contributed by atoms with Crippen LogP contribution < -0.4 is 4.74 Å². The Kier molecular flexibility index (Phi) is 10.0. The standard InChI is InChI=1S/C30H24Cl2O4/c1-3-8-21(9-4-2)20-35-30(34)22-14-16-25(17-15-22)36-29(33)19-24-11-6-5-10-23(24)18-26-27(31)12-7-13-28(26)32/h1-2,5-7,10-17,21H,8-9,18-20H2. The Bertz CT molecular complexity index is 1260. The molecule has 6 heteroatoms. The van der Waals surface area contributed by atoms with E-state index in [0.29, 0.717) is 40.6 Å². The van der Waals surface area contributed by atoms with E-state index in [4.69, 9.17) is 45.5 Å². The van der Waals surface area contributed by atoms with Gasteiger partial charge in [0.2, 0.25) is 0 Å². The minimum atomic E-state index is -0.501. The van der Waals surface area contributed by atoms with Gasteiger partial charge < -0.3 is 9.47 Å². The lowest BCUT2D eigenvalue weighted by atomic mass is 9.98. The summed E-state index contributed by atoms with van der Waals surface area (Å²) in [5.74, 6) is 4.37. The van der Waals surface area contributed by atoms with Gasteiger partial charge in [-0.1, -0.05) is 53.5 Å². The number of esters is 2. The van der Waals surface area contributed by atoms with E-state index in [-0.39, 0.29) is 18.9 Å². The first-order chi connectivity index (χ1) is 17.4. The normalized spacial score (nSPS) is 10.4. The van der Waals surface area contributed by atoms with Crippen molar-refractivity contribution in [3.05, 3.63) is 99.0 Å². The molecule has 0 aliphatic heterocycles. The molecule has 3 aromatic rings. The number of terminal acetylenes is 2. The molecule has 0 bridgehead atoms. The molecule has 0 radical (unpaired) electrons. The van der Waals surface area contributed by atoms with Crippen LogP contribution in [0.15, 0.2) is 66.7 Å². The van der Waals surface area contributed by atoms with Crippen molar-refractivity contribution in [3.63, 3.8) is 0 Å². The third-order valence-corrected chi connectivity index (χ3v) is 6.18. The van der Waals surface area contributed by atoms with Crippen molar-refractivity contribution in [2.75, 3.05) is 6.61 Å². The Morgan fingerprint density at radius 3 is 2.06 bits per heavy atom. The molecular formula is C30H24Cl2O4. The molecule has 0 unspecified atom stereocenters. The van der Waals surface area contributed by atoms with Crippen LogP contribution in [0.25, 0.3) is 0 Å². The molecule has 0 saturated heterocycles. The fourth-order valence-electron chi connectivity index (χ4n) is 3.58. The highest BCUT2D eigenvalue weighted by atomic mass is 35.5. The van der Waals surface area contributed by atoms with Crippen molar-refractivity contribution in [2.24, 2.45) is 5.92 Å². The lowest BCUT2D eigenvalue weighted by Crippen LogP contribution is -2.14. The van der Waals surface area contributed by atoms with Crippen LogP contribution in [0.1, 0.15) is 39.9 Å². The summed E-state index contributed by atoms with van der Waals surface area (Å²) in [6.07, 6.45) is 12.1. The van der Waals surface area contributed by atoms with Crippen LogP contribution in [0, 0.1) is 30.6 Å². The predicted molar refractivity (Wildman–Crippen MR) is 142 cm³/mol. The van der Waals surface area contributed by atoms with Crippen molar-refractivity contribution in [2.45, 2.75) is 25.7 Å². The van der Waals surface area contributed by atoms with Crippen molar-refractivity contribution in [1.29, 1.82) is 0 Å². The van der Waals surface area contributed by atoms with Gasteiger partial charge in [0.25, 0.3) is 0 Å². The molecule has 0 saturated carbocycles. The van der Waals surface area contributed by atoms with Gasteiger partial charge in [-0.15, -0.1) is 24.7 Å². The van der Waals surface area contributed by atoms with Gasteiger partial charge in [-0.2, -0.15) is 0 Å². The minimum absolute atomic E-state index is 0.0633. The topological polar surface area (TPSA) is 52.6 Å². The zero-order chi connectivity index (χ0) is 25.9. The summed E-state index contributed by atoms with van der Waals surface area (Å²) >= 11 is 12.6. The summed E-state index contributed by atoms with van der Waals surface area (Å²) in [7, 11) is 0. The SMILES string of the molecule is C#CCC(CC#C)COC(=O)c1ccc(OC(=O)Cc2ccccc2Cc2c(Cl)cccc2Cl)cc1. The number of carbonyl (C=O) groups is 2. The largest absolute Gasteiger partial charge is 0.462 e. The molecule has 0 amide bonds. The molecule has 4 nitrogen and oxygen atoms in total. The van der Waals surface area contributed by atoms with Crippen LogP contribution in [0.5, 0.6) is 5.75 Å². The maximum absolute atomic E-state index is 12.6. The van der Waals surface area contributed by atoms with Crippen LogP contribution in [-0.2, 0) is 22.4 Å². The van der Waals surface area contributed by atoms with E-state index in [1.54, 1.807) is 30.3 Å². The second-order valence-electron chi connectivity index (χ2n) is 8.10. The Hall–Kier alpha value is -3.70. The molecule has 0 aliphatic rings. The molecular weight excluding hydrogens is 495 g/mol. The highest BCUT2D eigenvalue weighted by Gasteiger charge is 2.15. The average molecular weight is 519 g/mol. The van der Waals surface area contributed by atoms with E-state index in [2.05, 4.69) is 11.8 Å². The number of hydrogen-bond donors (Lipinski definition) is 0. The Morgan fingerprint density at radius 2 is 1.44 bits per heavy atom. The first-order valence-corrected chi connectivity index (χ1v) is 12.0. The van der Waals surface area contributed by atoms with Crippen LogP contribution in [0.4, 0.5) is 0 Å². The Balaban J connectivity index is 1.60. The summed E-state index contributed by atoms with van der Waals surface area (Å²) in [6, 6.07) is 19.1. The predicted octanol–water partition coefficient (Wildman–Crippen LogP) is 6.55. The van der Waals surface area contributed by atoms with Gasteiger partial charge in [-0.05, 0) is 53.1 Å². The number of ether oxygens (including phenoxy) is 2. The Morgan fingerprint density at radius 1 is 0.833 bits per heavy atom. The van der Waals surface area contributed by atoms with Crippen LogP contribution >= 0.6 is 23.2 Å². The number of carbonyl (C=O) groups excluding carboxylic acids is 2. The fraction of sp³-hybridized carbons (Fsp3) is 0.200. The van der Waals surface area contributed by atoms with Gasteiger partial charge in [0.15, 0.2) is 0 Å². The smallest absolute Gasteiger partial charge is 0.338 e. The molecule has 0 N–H and O–H groups in total. The number of halogens is 2. The van der Waals surface area contributed by atoms with Gasteiger partial charge in [0.05, 0.1) is 18.6 Å². The molecule has 3 aromatic carbocycles. The Labute approximate surface area is 221 Å². The van der Waals surface area contributed by atoms with Crippen molar-refractivity contribution in [1.82, 2.24) is 0 Å². The summed E-state index contributed by atoms with van der Waals surface area (Å²) < 4.78 is 10.8. The summed E-state index contributed by atoms with van der Waals surface area (Å²) in [6.45, 7) is 0.142.